The number of unbranched alkanes of at least 4 members (excludes halogenated alkanes) is 2. The van der Waals surface area contributed by atoms with Gasteiger partial charge in [-0.1, -0.05) is 44.1 Å². The number of aliphatic hydroxyl groups is 1. The standard InChI is InChI=1S/C24H34N2O5S/c1-3-4-7-12-25-13-9-11-24-17(20(28)26(14-15-27)19(24)21(25)29)18-22(30)31-16-8-5-6-10-23(18,2)32-24/h6,9-11,17-19,27H,3-5,7-8,12-16H2,1-2H3/b10-6-/t17-,18-,19?,23+,24-/m0/s1. The van der Waals surface area contributed by atoms with Gasteiger partial charge in [-0.2, -0.15) is 0 Å². The van der Waals surface area contributed by atoms with Gasteiger partial charge in [0.05, 0.1) is 29.8 Å². The second kappa shape index (κ2) is 9.21. The average molecular weight is 463 g/mol. The van der Waals surface area contributed by atoms with Crippen LogP contribution >= 0.6 is 11.8 Å². The predicted molar refractivity (Wildman–Crippen MR) is 123 cm³/mol. The normalized spacial score (nSPS) is 37.7. The molecule has 2 saturated heterocycles. The van der Waals surface area contributed by atoms with Crippen LogP contribution < -0.4 is 0 Å². The first-order valence-corrected chi connectivity index (χ1v) is 12.6. The van der Waals surface area contributed by atoms with Crippen molar-refractivity contribution in [1.82, 2.24) is 9.80 Å². The van der Waals surface area contributed by atoms with Gasteiger partial charge in [0.2, 0.25) is 11.8 Å². The Kier molecular flexibility index (Phi) is 6.73. The molecular weight excluding hydrogens is 428 g/mol. The molecular formula is C24H34N2O5S. The van der Waals surface area contributed by atoms with Crippen molar-refractivity contribution >= 4 is 29.5 Å². The number of allylic oxidation sites excluding steroid dienone is 1. The molecule has 4 aliphatic heterocycles. The van der Waals surface area contributed by atoms with E-state index in [1.165, 1.54) is 4.90 Å². The number of hydrogen-bond donors (Lipinski definition) is 1. The van der Waals surface area contributed by atoms with E-state index in [-0.39, 0.29) is 30.9 Å². The van der Waals surface area contributed by atoms with Crippen molar-refractivity contribution < 1.29 is 24.2 Å². The Labute approximate surface area is 194 Å². The molecule has 4 rings (SSSR count). The van der Waals surface area contributed by atoms with Crippen molar-refractivity contribution in [2.75, 3.05) is 32.8 Å². The number of hydrogen-bond acceptors (Lipinski definition) is 6. The summed E-state index contributed by atoms with van der Waals surface area (Å²) in [4.78, 5) is 44.2. The molecule has 2 amide bonds. The highest BCUT2D eigenvalue weighted by Gasteiger charge is 2.73. The van der Waals surface area contributed by atoms with Gasteiger partial charge in [-0.15, -0.1) is 11.8 Å². The summed E-state index contributed by atoms with van der Waals surface area (Å²) in [5, 5.41) is 9.70. The van der Waals surface area contributed by atoms with E-state index in [1.54, 1.807) is 11.8 Å². The van der Waals surface area contributed by atoms with Gasteiger partial charge in [0.25, 0.3) is 0 Å². The lowest BCUT2D eigenvalue weighted by atomic mass is 9.74. The minimum absolute atomic E-state index is 0.0824. The molecule has 1 spiro atoms. The van der Waals surface area contributed by atoms with Gasteiger partial charge in [0, 0.05) is 24.4 Å². The van der Waals surface area contributed by atoms with Gasteiger partial charge < -0.3 is 19.6 Å². The number of aliphatic hydroxyl groups excluding tert-OH is 1. The van der Waals surface area contributed by atoms with Crippen LogP contribution in [0.1, 0.15) is 46.0 Å². The molecule has 176 valence electrons. The Morgan fingerprint density at radius 1 is 1.12 bits per heavy atom. The molecule has 4 aliphatic rings. The predicted octanol–water partition coefficient (Wildman–Crippen LogP) is 2.15. The molecule has 32 heavy (non-hydrogen) atoms. The fraction of sp³-hybridized carbons (Fsp3) is 0.708. The molecule has 2 fully saturated rings. The molecule has 0 aromatic heterocycles. The third-order valence-electron chi connectivity index (χ3n) is 7.21. The number of cyclic esters (lactones) is 1. The summed E-state index contributed by atoms with van der Waals surface area (Å²) in [6.07, 6.45) is 12.7. The molecule has 7 nitrogen and oxygen atoms in total. The van der Waals surface area contributed by atoms with Gasteiger partial charge in [-0.3, -0.25) is 14.4 Å². The maximum atomic E-state index is 13.8. The van der Waals surface area contributed by atoms with E-state index in [0.29, 0.717) is 19.7 Å². The van der Waals surface area contributed by atoms with Crippen molar-refractivity contribution in [3.05, 3.63) is 24.3 Å². The number of β-amino-alcohol motifs (C(OH)–C–C–N with tert-alkyl or cyclic N) is 1. The summed E-state index contributed by atoms with van der Waals surface area (Å²) in [6, 6.07) is -0.731. The largest absolute Gasteiger partial charge is 0.465 e. The molecule has 0 aromatic carbocycles. The van der Waals surface area contributed by atoms with E-state index in [9.17, 15) is 19.5 Å². The Morgan fingerprint density at radius 2 is 1.94 bits per heavy atom. The molecule has 0 saturated carbocycles. The number of carbonyl (C=O) groups is 3. The van der Waals surface area contributed by atoms with E-state index in [2.05, 4.69) is 13.0 Å². The number of thioether (sulfide) groups is 1. The second-order valence-corrected chi connectivity index (χ2v) is 11.1. The fourth-order valence-corrected chi connectivity index (χ4v) is 7.94. The minimum Gasteiger partial charge on any atom is -0.465 e. The molecule has 8 heteroatoms. The lowest BCUT2D eigenvalue weighted by Crippen LogP contribution is -2.54. The van der Waals surface area contributed by atoms with Gasteiger partial charge in [0.1, 0.15) is 6.04 Å². The van der Waals surface area contributed by atoms with Crippen LogP contribution in [-0.2, 0) is 19.1 Å². The van der Waals surface area contributed by atoms with Crippen molar-refractivity contribution in [1.29, 1.82) is 0 Å². The Hall–Kier alpha value is -1.80. The summed E-state index contributed by atoms with van der Waals surface area (Å²) in [5.41, 5.74) is 0. The maximum absolute atomic E-state index is 13.8. The van der Waals surface area contributed by atoms with E-state index in [1.807, 2.05) is 30.1 Å². The van der Waals surface area contributed by atoms with Crippen LogP contribution in [0.3, 0.4) is 0 Å². The zero-order chi connectivity index (χ0) is 22.9. The van der Waals surface area contributed by atoms with Crippen molar-refractivity contribution in [3.63, 3.8) is 0 Å². The molecule has 0 aliphatic carbocycles. The number of fused-ring (bicyclic) bond motifs is 2. The maximum Gasteiger partial charge on any atom is 0.311 e. The Bertz CT molecular complexity index is 829. The van der Waals surface area contributed by atoms with Crippen LogP contribution in [0.25, 0.3) is 0 Å². The monoisotopic (exact) mass is 462 g/mol. The summed E-state index contributed by atoms with van der Waals surface area (Å²) in [5.74, 6) is -2.06. The first kappa shape index (κ1) is 23.4. The highest BCUT2D eigenvalue weighted by Crippen LogP contribution is 2.65. The highest BCUT2D eigenvalue weighted by molar-refractivity contribution is 8.02. The number of rotatable bonds is 6. The second-order valence-electron chi connectivity index (χ2n) is 9.36. The van der Waals surface area contributed by atoms with Crippen LogP contribution in [0, 0.1) is 11.8 Å². The lowest BCUT2D eigenvalue weighted by Gasteiger charge is -2.36. The first-order valence-electron chi connectivity index (χ1n) is 11.8. The molecule has 0 bridgehead atoms. The highest BCUT2D eigenvalue weighted by atomic mass is 32.2. The van der Waals surface area contributed by atoms with Crippen molar-refractivity contribution in [2.24, 2.45) is 11.8 Å². The summed E-state index contributed by atoms with van der Waals surface area (Å²) < 4.78 is 4.08. The van der Waals surface area contributed by atoms with Crippen LogP contribution in [0.4, 0.5) is 0 Å². The van der Waals surface area contributed by atoms with Crippen molar-refractivity contribution in [3.8, 4) is 0 Å². The fourth-order valence-electron chi connectivity index (χ4n) is 5.78. The number of ether oxygens (including phenoxy) is 1. The molecule has 1 unspecified atom stereocenters. The number of amides is 2. The molecule has 1 N–H and O–H groups in total. The molecule has 4 heterocycles. The lowest BCUT2D eigenvalue weighted by molar-refractivity contribution is -0.154. The number of carbonyl (C=O) groups excluding carboxylic acids is 3. The zero-order valence-corrected chi connectivity index (χ0v) is 19.8. The van der Waals surface area contributed by atoms with E-state index in [4.69, 9.17) is 4.74 Å². The molecule has 0 aromatic rings. The smallest absolute Gasteiger partial charge is 0.311 e. The van der Waals surface area contributed by atoms with E-state index < -0.39 is 27.4 Å². The van der Waals surface area contributed by atoms with Crippen LogP contribution in [0.2, 0.25) is 0 Å². The Balaban J connectivity index is 1.78. The van der Waals surface area contributed by atoms with Gasteiger partial charge >= 0.3 is 5.97 Å². The summed E-state index contributed by atoms with van der Waals surface area (Å²) >= 11 is 1.55. The third-order valence-corrected chi connectivity index (χ3v) is 9.00. The topological polar surface area (TPSA) is 87.2 Å². The first-order chi connectivity index (χ1) is 15.4. The SMILES string of the molecule is CCCCCN1CC=C[C@]23S[C@]4(C)/C=C\CCCOC(=O)[C@@H]4[C@H]2C(=O)N(CCO)C3C1=O. The quantitative estimate of drug-likeness (QED) is 0.370. The number of esters is 1. The summed E-state index contributed by atoms with van der Waals surface area (Å²) in [6.45, 7) is 5.44. The third kappa shape index (κ3) is 3.69. The van der Waals surface area contributed by atoms with Crippen molar-refractivity contribution in [2.45, 2.75) is 61.5 Å². The minimum atomic E-state index is -0.856. The zero-order valence-electron chi connectivity index (χ0n) is 19.0. The van der Waals surface area contributed by atoms with E-state index in [0.717, 1.165) is 32.1 Å². The van der Waals surface area contributed by atoms with Crippen LogP contribution in [-0.4, -0.2) is 81.1 Å². The van der Waals surface area contributed by atoms with E-state index >= 15 is 0 Å². The van der Waals surface area contributed by atoms with Gasteiger partial charge in [-0.05, 0) is 26.2 Å². The molecule has 5 atom stereocenters. The Morgan fingerprint density at radius 3 is 2.69 bits per heavy atom. The van der Waals surface area contributed by atoms with Gasteiger partial charge in [-0.25, -0.2) is 0 Å². The number of nitrogens with zero attached hydrogens (tertiary/aromatic N) is 2. The number of likely N-dealkylation sites (tertiary alicyclic amines) is 1. The molecule has 0 radical (unpaired) electrons. The average Bonchev–Trinajstić information content (AvgIpc) is 3.10. The van der Waals surface area contributed by atoms with Crippen LogP contribution in [0.5, 0.6) is 0 Å². The van der Waals surface area contributed by atoms with Crippen LogP contribution in [0.15, 0.2) is 24.3 Å². The summed E-state index contributed by atoms with van der Waals surface area (Å²) in [7, 11) is 0. The van der Waals surface area contributed by atoms with Gasteiger partial charge in [0.15, 0.2) is 0 Å².